The summed E-state index contributed by atoms with van der Waals surface area (Å²) in [7, 11) is 0. The Hall–Kier alpha value is -1.31. The molecule has 1 atom stereocenters. The normalized spacial score (nSPS) is 18.1. The fraction of sp³-hybridized carbons (Fsp3) is 0.235. The highest BCUT2D eigenvalue weighted by molar-refractivity contribution is 6.34. The van der Waals surface area contributed by atoms with E-state index in [-0.39, 0.29) is 6.04 Å². The van der Waals surface area contributed by atoms with Crippen LogP contribution in [0.1, 0.15) is 35.6 Å². The molecule has 1 unspecified atom stereocenters. The van der Waals surface area contributed by atoms with Crippen molar-refractivity contribution in [1.29, 1.82) is 0 Å². The van der Waals surface area contributed by atoms with Gasteiger partial charge in [-0.25, -0.2) is 0 Å². The first-order valence-electron chi connectivity index (χ1n) is 6.73. The van der Waals surface area contributed by atoms with Crippen LogP contribution in [0.25, 0.3) is 0 Å². The Morgan fingerprint density at radius 2 is 1.85 bits per heavy atom. The Labute approximate surface area is 129 Å². The molecule has 1 aliphatic heterocycles. The number of benzene rings is 2. The Morgan fingerprint density at radius 1 is 1.05 bits per heavy atom. The highest BCUT2D eigenvalue weighted by Crippen LogP contribution is 2.34. The van der Waals surface area contributed by atoms with E-state index < -0.39 is 0 Å². The first kappa shape index (κ1) is 13.7. The Bertz CT molecular complexity index is 676. The Morgan fingerprint density at radius 3 is 2.60 bits per heavy atom. The maximum Gasteiger partial charge on any atom is 0.0756 e. The first-order valence-corrected chi connectivity index (χ1v) is 7.48. The van der Waals surface area contributed by atoms with Crippen LogP contribution in [-0.4, -0.2) is 5.71 Å². The fourth-order valence-corrected chi connectivity index (χ4v) is 2.98. The number of rotatable bonds is 2. The van der Waals surface area contributed by atoms with Crippen molar-refractivity contribution >= 4 is 28.9 Å². The van der Waals surface area contributed by atoms with E-state index in [0.717, 1.165) is 39.7 Å². The predicted octanol–water partition coefficient (Wildman–Crippen LogP) is 5.63. The second kappa shape index (κ2) is 5.59. The third-order valence-corrected chi connectivity index (χ3v) is 4.47. The summed E-state index contributed by atoms with van der Waals surface area (Å²) >= 11 is 12.4. The van der Waals surface area contributed by atoms with E-state index >= 15 is 0 Å². The fourth-order valence-electron chi connectivity index (χ4n) is 2.55. The lowest BCUT2D eigenvalue weighted by Gasteiger charge is -2.08. The average Bonchev–Trinajstić information content (AvgIpc) is 2.92. The molecule has 0 amide bonds. The molecule has 0 radical (unpaired) electrons. The lowest BCUT2D eigenvalue weighted by molar-refractivity contribution is 0.723. The van der Waals surface area contributed by atoms with Crippen molar-refractivity contribution in [3.05, 3.63) is 69.2 Å². The molecule has 0 N–H and O–H groups in total. The molecule has 0 saturated carbocycles. The van der Waals surface area contributed by atoms with Crippen molar-refractivity contribution in [2.75, 3.05) is 0 Å². The highest BCUT2D eigenvalue weighted by Gasteiger charge is 2.21. The molecule has 0 bridgehead atoms. The molecule has 0 saturated heterocycles. The monoisotopic (exact) mass is 303 g/mol. The molecule has 1 aliphatic rings. The smallest absolute Gasteiger partial charge is 0.0756 e. The summed E-state index contributed by atoms with van der Waals surface area (Å²) in [5, 5.41) is 1.58. The van der Waals surface area contributed by atoms with Crippen molar-refractivity contribution in [3.8, 4) is 0 Å². The van der Waals surface area contributed by atoms with Crippen LogP contribution in [0.2, 0.25) is 10.0 Å². The maximum atomic E-state index is 6.24. The number of hydrogen-bond donors (Lipinski definition) is 0. The zero-order valence-corrected chi connectivity index (χ0v) is 12.7. The molecule has 2 aromatic carbocycles. The van der Waals surface area contributed by atoms with Gasteiger partial charge >= 0.3 is 0 Å². The number of hydrogen-bond acceptors (Lipinski definition) is 1. The minimum absolute atomic E-state index is 0.194. The molecule has 0 aromatic heterocycles. The van der Waals surface area contributed by atoms with Crippen molar-refractivity contribution < 1.29 is 0 Å². The van der Waals surface area contributed by atoms with Crippen LogP contribution >= 0.6 is 23.2 Å². The van der Waals surface area contributed by atoms with Crippen LogP contribution in [0.4, 0.5) is 0 Å². The van der Waals surface area contributed by atoms with Gasteiger partial charge in [0, 0.05) is 21.3 Å². The summed E-state index contributed by atoms with van der Waals surface area (Å²) in [6.07, 6.45) is 1.97. The second-order valence-corrected chi connectivity index (χ2v) is 5.93. The summed E-state index contributed by atoms with van der Waals surface area (Å²) in [6, 6.07) is 14.3. The zero-order chi connectivity index (χ0) is 14.1. The topological polar surface area (TPSA) is 12.4 Å². The maximum absolute atomic E-state index is 6.24. The van der Waals surface area contributed by atoms with E-state index in [1.54, 1.807) is 0 Å². The Kier molecular flexibility index (Phi) is 3.82. The third kappa shape index (κ3) is 2.61. The highest BCUT2D eigenvalue weighted by atomic mass is 35.5. The summed E-state index contributed by atoms with van der Waals surface area (Å²) < 4.78 is 0. The molecule has 3 heteroatoms. The van der Waals surface area contributed by atoms with Crippen LogP contribution in [0.5, 0.6) is 0 Å². The van der Waals surface area contributed by atoms with Crippen molar-refractivity contribution in [2.45, 2.75) is 25.8 Å². The van der Waals surface area contributed by atoms with Crippen LogP contribution in [0, 0.1) is 6.92 Å². The van der Waals surface area contributed by atoms with Crippen molar-refractivity contribution in [3.63, 3.8) is 0 Å². The number of halogens is 2. The van der Waals surface area contributed by atoms with Crippen molar-refractivity contribution in [1.82, 2.24) is 0 Å². The standard InChI is InChI=1S/C17H15Cl2N/c1-11-6-7-12(10-15(11)19)16-8-9-17(20-16)13-4-2-3-5-14(13)18/h2-7,10,16H,8-9H2,1H3. The van der Waals surface area contributed by atoms with E-state index in [9.17, 15) is 0 Å². The first-order chi connectivity index (χ1) is 9.65. The lowest BCUT2D eigenvalue weighted by atomic mass is 10.0. The van der Waals surface area contributed by atoms with E-state index in [0.29, 0.717) is 0 Å². The molecule has 3 rings (SSSR count). The number of nitrogens with zero attached hydrogens (tertiary/aromatic N) is 1. The molecule has 1 nitrogen and oxygen atoms in total. The van der Waals surface area contributed by atoms with Gasteiger partial charge in [-0.2, -0.15) is 0 Å². The van der Waals surface area contributed by atoms with E-state index in [2.05, 4.69) is 12.1 Å². The van der Waals surface area contributed by atoms with Gasteiger partial charge in [0.1, 0.15) is 0 Å². The molecule has 0 spiro atoms. The SMILES string of the molecule is Cc1ccc(C2CCC(c3ccccc3Cl)=N2)cc1Cl. The molecule has 20 heavy (non-hydrogen) atoms. The summed E-state index contributed by atoms with van der Waals surface area (Å²) in [6.45, 7) is 2.01. The average molecular weight is 304 g/mol. The molecule has 2 aromatic rings. The van der Waals surface area contributed by atoms with Gasteiger partial charge < -0.3 is 0 Å². The molecule has 0 fully saturated rings. The van der Waals surface area contributed by atoms with Crippen LogP contribution in [0.3, 0.4) is 0 Å². The van der Waals surface area contributed by atoms with E-state index in [1.807, 2.05) is 37.3 Å². The lowest BCUT2D eigenvalue weighted by Crippen LogP contribution is -1.96. The Balaban J connectivity index is 1.91. The molecule has 102 valence electrons. The number of aliphatic imine (C=N–C) groups is 1. The molecule has 0 aliphatic carbocycles. The van der Waals surface area contributed by atoms with Gasteiger partial charge in [-0.1, -0.05) is 53.5 Å². The van der Waals surface area contributed by atoms with E-state index in [1.165, 1.54) is 5.56 Å². The quantitative estimate of drug-likeness (QED) is 0.682. The zero-order valence-electron chi connectivity index (χ0n) is 11.2. The van der Waals surface area contributed by atoms with Gasteiger partial charge in [-0.15, -0.1) is 0 Å². The molecular weight excluding hydrogens is 289 g/mol. The summed E-state index contributed by atoms with van der Waals surface area (Å²) in [5.41, 5.74) is 4.43. The van der Waals surface area contributed by atoms with Crippen molar-refractivity contribution in [2.24, 2.45) is 4.99 Å². The summed E-state index contributed by atoms with van der Waals surface area (Å²) in [5.74, 6) is 0. The van der Waals surface area contributed by atoms with Crippen LogP contribution in [-0.2, 0) is 0 Å². The summed E-state index contributed by atoms with van der Waals surface area (Å²) in [4.78, 5) is 4.83. The van der Waals surface area contributed by atoms with Gasteiger partial charge in [-0.3, -0.25) is 4.99 Å². The van der Waals surface area contributed by atoms with Gasteiger partial charge in [-0.05, 0) is 43.0 Å². The van der Waals surface area contributed by atoms with Gasteiger partial charge in [0.05, 0.1) is 6.04 Å². The van der Waals surface area contributed by atoms with Gasteiger partial charge in [0.15, 0.2) is 0 Å². The van der Waals surface area contributed by atoms with E-state index in [4.69, 9.17) is 28.2 Å². The largest absolute Gasteiger partial charge is 0.281 e. The third-order valence-electron chi connectivity index (χ3n) is 3.73. The molecule has 1 heterocycles. The van der Waals surface area contributed by atoms with Crippen LogP contribution in [0.15, 0.2) is 47.5 Å². The second-order valence-electron chi connectivity index (χ2n) is 5.12. The number of aryl methyl sites for hydroxylation is 1. The van der Waals surface area contributed by atoms with Gasteiger partial charge in [0.25, 0.3) is 0 Å². The van der Waals surface area contributed by atoms with Gasteiger partial charge in [0.2, 0.25) is 0 Å². The predicted molar refractivity (Wildman–Crippen MR) is 86.2 cm³/mol. The molecular formula is C17H15Cl2N. The minimum atomic E-state index is 0.194. The van der Waals surface area contributed by atoms with Crippen LogP contribution < -0.4 is 0 Å². The minimum Gasteiger partial charge on any atom is -0.281 e.